The number of hydrogen-bond donors (Lipinski definition) is 0. The zero-order valence-electron chi connectivity index (χ0n) is 11.3. The van der Waals surface area contributed by atoms with Crippen LogP contribution in [0.15, 0.2) is 36.9 Å². The van der Waals surface area contributed by atoms with Crippen LogP contribution in [0.2, 0.25) is 10.0 Å². The van der Waals surface area contributed by atoms with Gasteiger partial charge in [0.05, 0.1) is 12.9 Å². The lowest BCUT2D eigenvalue weighted by atomic mass is 10.1. The van der Waals surface area contributed by atoms with E-state index in [1.165, 1.54) is 0 Å². The van der Waals surface area contributed by atoms with Gasteiger partial charge in [-0.3, -0.25) is 0 Å². The lowest BCUT2D eigenvalue weighted by Crippen LogP contribution is -2.14. The third-order valence-corrected chi connectivity index (χ3v) is 3.93. The van der Waals surface area contributed by atoms with E-state index in [4.69, 9.17) is 27.9 Å². The van der Waals surface area contributed by atoms with Gasteiger partial charge in [-0.05, 0) is 23.9 Å². The second-order valence-corrected chi connectivity index (χ2v) is 6.26. The van der Waals surface area contributed by atoms with Crippen molar-refractivity contribution in [3.05, 3.63) is 52.5 Å². The van der Waals surface area contributed by atoms with E-state index in [1.54, 1.807) is 36.9 Å². The molecule has 0 radical (unpaired) electrons. The van der Waals surface area contributed by atoms with E-state index in [9.17, 15) is 4.79 Å². The van der Waals surface area contributed by atoms with Gasteiger partial charge in [-0.15, -0.1) is 0 Å². The molecule has 0 aliphatic carbocycles. The largest absolute Gasteiger partial charge is 0.447 e. The van der Waals surface area contributed by atoms with Crippen LogP contribution in [-0.4, -0.2) is 20.6 Å². The molecule has 0 amide bonds. The summed E-state index contributed by atoms with van der Waals surface area (Å²) in [5.74, 6) is 0.658. The Labute approximate surface area is 137 Å². The van der Waals surface area contributed by atoms with Crippen LogP contribution in [0, 0.1) is 0 Å². The number of hydrogen-bond acceptors (Lipinski definition) is 4. The Morgan fingerprint density at radius 2 is 2.29 bits per heavy atom. The second-order valence-electron chi connectivity index (χ2n) is 4.21. The van der Waals surface area contributed by atoms with Crippen LogP contribution < -0.4 is 0 Å². The minimum Gasteiger partial charge on any atom is -0.447 e. The first kappa shape index (κ1) is 16.2. The molecule has 1 aromatic carbocycles. The number of ether oxygens (including phenoxy) is 1. The summed E-state index contributed by atoms with van der Waals surface area (Å²) in [6, 6.07) is 5.14. The topological polar surface area (TPSA) is 44.1 Å². The van der Waals surface area contributed by atoms with Crippen molar-refractivity contribution >= 4 is 40.3 Å². The molecule has 1 aromatic heterocycles. The number of aromatic nitrogens is 2. The van der Waals surface area contributed by atoms with Crippen molar-refractivity contribution < 1.29 is 9.53 Å². The smallest absolute Gasteiger partial charge is 0.367 e. The summed E-state index contributed by atoms with van der Waals surface area (Å²) in [7, 11) is 0. The number of halogens is 2. The zero-order chi connectivity index (χ0) is 15.2. The average molecular weight is 345 g/mol. The molecule has 0 aliphatic rings. The van der Waals surface area contributed by atoms with Gasteiger partial charge in [0.25, 0.3) is 0 Å². The highest BCUT2D eigenvalue weighted by atomic mass is 35.5. The van der Waals surface area contributed by atoms with E-state index >= 15 is 0 Å². The predicted octanol–water partition coefficient (Wildman–Crippen LogP) is 4.82. The Morgan fingerprint density at radius 3 is 2.90 bits per heavy atom. The summed E-state index contributed by atoms with van der Waals surface area (Å²) in [5, 5.41) is 0.690. The Bertz CT molecular complexity index is 605. The van der Waals surface area contributed by atoms with Crippen LogP contribution in [0.1, 0.15) is 18.6 Å². The van der Waals surface area contributed by atoms with Crippen LogP contribution >= 0.6 is 35.0 Å². The van der Waals surface area contributed by atoms with Crippen LogP contribution in [-0.2, 0) is 11.3 Å². The summed E-state index contributed by atoms with van der Waals surface area (Å²) in [4.78, 5) is 15.8. The molecule has 0 fully saturated rings. The number of imidazole rings is 1. The Balaban J connectivity index is 2.23. The molecular weight excluding hydrogens is 331 g/mol. The van der Waals surface area contributed by atoms with Crippen molar-refractivity contribution in [3.63, 3.8) is 0 Å². The molecule has 1 unspecified atom stereocenters. The molecule has 0 saturated heterocycles. The maximum absolute atomic E-state index is 11.8. The Morgan fingerprint density at radius 1 is 1.48 bits per heavy atom. The van der Waals surface area contributed by atoms with E-state index < -0.39 is 6.10 Å². The number of rotatable bonds is 5. The SMILES string of the molecule is CCSC(=O)OC(Cn1ccnc1)c1ccc(Cl)cc1Cl. The second kappa shape index (κ2) is 7.73. The summed E-state index contributed by atoms with van der Waals surface area (Å²) in [5.41, 5.74) is 0.722. The molecule has 0 bridgehead atoms. The van der Waals surface area contributed by atoms with E-state index in [-0.39, 0.29) is 5.30 Å². The summed E-state index contributed by atoms with van der Waals surface area (Å²) >= 11 is 13.2. The van der Waals surface area contributed by atoms with Crippen molar-refractivity contribution in [1.82, 2.24) is 9.55 Å². The Kier molecular flexibility index (Phi) is 5.96. The first-order chi connectivity index (χ1) is 10.1. The normalized spacial score (nSPS) is 12.1. The van der Waals surface area contributed by atoms with Gasteiger partial charge >= 0.3 is 5.30 Å². The van der Waals surface area contributed by atoms with Crippen LogP contribution in [0.25, 0.3) is 0 Å². The molecule has 7 heteroatoms. The quantitative estimate of drug-likeness (QED) is 0.729. The van der Waals surface area contributed by atoms with Gasteiger partial charge in [0.2, 0.25) is 0 Å². The van der Waals surface area contributed by atoms with E-state index in [0.717, 1.165) is 17.3 Å². The number of thioether (sulfide) groups is 1. The zero-order valence-corrected chi connectivity index (χ0v) is 13.7. The predicted molar refractivity (Wildman–Crippen MR) is 86.0 cm³/mol. The average Bonchev–Trinajstić information content (AvgIpc) is 2.91. The lowest BCUT2D eigenvalue weighted by Gasteiger charge is -2.19. The minimum atomic E-state index is -0.490. The molecule has 0 saturated carbocycles. The highest BCUT2D eigenvalue weighted by molar-refractivity contribution is 8.13. The van der Waals surface area contributed by atoms with Gasteiger partial charge in [0.15, 0.2) is 0 Å². The molecule has 1 heterocycles. The first-order valence-corrected chi connectivity index (χ1v) is 8.08. The van der Waals surface area contributed by atoms with E-state index in [1.807, 2.05) is 11.5 Å². The van der Waals surface area contributed by atoms with E-state index in [0.29, 0.717) is 22.3 Å². The minimum absolute atomic E-state index is 0.325. The molecule has 0 spiro atoms. The molecule has 1 atom stereocenters. The van der Waals surface area contributed by atoms with Crippen LogP contribution in [0.3, 0.4) is 0 Å². The third kappa shape index (κ3) is 4.66. The van der Waals surface area contributed by atoms with Gasteiger partial charge in [0, 0.05) is 33.8 Å². The van der Waals surface area contributed by atoms with Crippen molar-refractivity contribution in [2.75, 3.05) is 5.75 Å². The van der Waals surface area contributed by atoms with Gasteiger partial charge in [-0.25, -0.2) is 9.78 Å². The highest BCUT2D eigenvalue weighted by Gasteiger charge is 2.20. The van der Waals surface area contributed by atoms with Crippen molar-refractivity contribution in [2.45, 2.75) is 19.6 Å². The van der Waals surface area contributed by atoms with Crippen LogP contribution in [0.4, 0.5) is 4.79 Å². The summed E-state index contributed by atoms with van der Waals surface area (Å²) < 4.78 is 7.35. The molecule has 4 nitrogen and oxygen atoms in total. The Hall–Kier alpha value is -1.17. The van der Waals surface area contributed by atoms with Gasteiger partial charge in [-0.1, -0.05) is 36.2 Å². The van der Waals surface area contributed by atoms with Crippen molar-refractivity contribution in [2.24, 2.45) is 0 Å². The molecule has 112 valence electrons. The third-order valence-electron chi connectivity index (χ3n) is 2.75. The van der Waals surface area contributed by atoms with Crippen molar-refractivity contribution in [1.29, 1.82) is 0 Å². The maximum Gasteiger partial charge on any atom is 0.367 e. The van der Waals surface area contributed by atoms with Crippen molar-refractivity contribution in [3.8, 4) is 0 Å². The van der Waals surface area contributed by atoms with Gasteiger partial charge in [-0.2, -0.15) is 0 Å². The van der Waals surface area contributed by atoms with Crippen LogP contribution in [0.5, 0.6) is 0 Å². The fourth-order valence-corrected chi connectivity index (χ4v) is 2.77. The fraction of sp³-hybridized carbons (Fsp3) is 0.286. The van der Waals surface area contributed by atoms with Gasteiger partial charge < -0.3 is 9.30 Å². The number of carbonyl (C=O) groups is 1. The molecule has 0 N–H and O–H groups in total. The highest BCUT2D eigenvalue weighted by Crippen LogP contribution is 2.30. The molecule has 21 heavy (non-hydrogen) atoms. The molecule has 2 aromatic rings. The standard InChI is InChI=1S/C14H14Cl2N2O2S/c1-2-21-14(19)20-13(8-18-6-5-17-9-18)11-4-3-10(15)7-12(11)16/h3-7,9,13H,2,8H2,1H3. The number of benzene rings is 1. The number of carbonyl (C=O) groups excluding carboxylic acids is 1. The van der Waals surface area contributed by atoms with E-state index in [2.05, 4.69) is 4.98 Å². The maximum atomic E-state index is 11.8. The molecular formula is C14H14Cl2N2O2S. The lowest BCUT2D eigenvalue weighted by molar-refractivity contribution is 0.111. The molecule has 0 aliphatic heterocycles. The summed E-state index contributed by atoms with van der Waals surface area (Å²) in [6.07, 6.45) is 4.65. The fourth-order valence-electron chi connectivity index (χ4n) is 1.82. The molecule has 2 rings (SSSR count). The number of nitrogens with zero attached hydrogens (tertiary/aromatic N) is 2. The monoisotopic (exact) mass is 344 g/mol. The first-order valence-electron chi connectivity index (χ1n) is 6.34. The van der Waals surface area contributed by atoms with Gasteiger partial charge in [0.1, 0.15) is 6.10 Å². The summed E-state index contributed by atoms with van der Waals surface area (Å²) in [6.45, 7) is 2.34.